The predicted molar refractivity (Wildman–Crippen MR) is 95.6 cm³/mol. The maximum Gasteiger partial charge on any atom is 0.351 e. The Morgan fingerprint density at radius 1 is 1.35 bits per heavy atom. The predicted octanol–water partition coefficient (Wildman–Crippen LogP) is 1.58. The van der Waals surface area contributed by atoms with Crippen LogP contribution in [0.3, 0.4) is 0 Å². The third-order valence-corrected chi connectivity index (χ3v) is 5.62. The number of nitrogens with one attached hydrogen (secondary N) is 1. The Labute approximate surface area is 152 Å². The maximum absolute atomic E-state index is 12.7. The second-order valence-corrected chi connectivity index (χ2v) is 8.05. The van der Waals surface area contributed by atoms with Crippen LogP contribution in [-0.2, 0) is 13.9 Å². The van der Waals surface area contributed by atoms with Crippen molar-refractivity contribution >= 4 is 19.5 Å². The summed E-state index contributed by atoms with van der Waals surface area (Å²) < 4.78 is 17.7. The molecule has 10 heteroatoms. The molecular formula is C16H26N3O6P. The van der Waals surface area contributed by atoms with Crippen LogP contribution in [0.4, 0.5) is 0 Å². The minimum atomic E-state index is -4.46. The molecule has 0 saturated carbocycles. The lowest BCUT2D eigenvalue weighted by Gasteiger charge is -2.28. The highest BCUT2D eigenvalue weighted by Gasteiger charge is 2.40. The fraction of sp³-hybridized carbons (Fsp3) is 0.562. The number of nitrogens with zero attached hydrogens (tertiary/aromatic N) is 1. The second kappa shape index (κ2) is 10.4. The van der Waals surface area contributed by atoms with Gasteiger partial charge in [-0.25, -0.2) is 4.79 Å². The van der Waals surface area contributed by atoms with E-state index in [1.54, 1.807) is 26.0 Å². The van der Waals surface area contributed by atoms with Crippen LogP contribution < -0.4 is 11.1 Å². The van der Waals surface area contributed by atoms with Gasteiger partial charge in [-0.05, 0) is 43.9 Å². The number of carbonyl (C=O) groups is 2. The Kier molecular flexibility index (Phi) is 8.87. The quantitative estimate of drug-likeness (QED) is 0.330. The Hall–Kier alpha value is -1.80. The number of carboxylic acid groups (broad SMARTS) is 1. The van der Waals surface area contributed by atoms with E-state index in [1.807, 2.05) is 0 Å². The van der Waals surface area contributed by atoms with Crippen LogP contribution in [0.1, 0.15) is 43.6 Å². The van der Waals surface area contributed by atoms with E-state index in [-0.39, 0.29) is 12.1 Å². The first-order chi connectivity index (χ1) is 12.2. The number of pyridine rings is 1. The number of aromatic nitrogens is 1. The monoisotopic (exact) mass is 387 g/mol. The van der Waals surface area contributed by atoms with E-state index < -0.39 is 37.3 Å². The normalized spacial score (nSPS) is 15.9. The molecule has 0 bridgehead atoms. The summed E-state index contributed by atoms with van der Waals surface area (Å²) >= 11 is 0. The highest BCUT2D eigenvalue weighted by molar-refractivity contribution is 7.53. The number of nitrogens with two attached hydrogens (primary N) is 1. The lowest BCUT2D eigenvalue weighted by atomic mass is 10.1. The summed E-state index contributed by atoms with van der Waals surface area (Å²) in [6, 6.07) is 4.71. The molecule has 1 aromatic rings. The Bertz CT molecular complexity index is 640. The summed E-state index contributed by atoms with van der Waals surface area (Å²) in [5.41, 5.74) is 5.45. The molecule has 146 valence electrons. The van der Waals surface area contributed by atoms with Gasteiger partial charge in [0.2, 0.25) is 0 Å². The van der Waals surface area contributed by atoms with Gasteiger partial charge in [0.25, 0.3) is 5.91 Å². The lowest BCUT2D eigenvalue weighted by Crippen LogP contribution is -2.40. The van der Waals surface area contributed by atoms with Crippen LogP contribution in [0.15, 0.2) is 24.4 Å². The Morgan fingerprint density at radius 3 is 2.54 bits per heavy atom. The van der Waals surface area contributed by atoms with Crippen molar-refractivity contribution in [3.8, 4) is 0 Å². The molecule has 0 aliphatic rings. The average molecular weight is 387 g/mol. The molecule has 3 atom stereocenters. The summed E-state index contributed by atoms with van der Waals surface area (Å²) in [4.78, 5) is 37.8. The molecular weight excluding hydrogens is 361 g/mol. The van der Waals surface area contributed by atoms with Gasteiger partial charge in [0, 0.05) is 6.20 Å². The van der Waals surface area contributed by atoms with Gasteiger partial charge in [-0.15, -0.1) is 0 Å². The van der Waals surface area contributed by atoms with Crippen molar-refractivity contribution < 1.29 is 28.7 Å². The van der Waals surface area contributed by atoms with Crippen molar-refractivity contribution in [1.82, 2.24) is 10.3 Å². The van der Waals surface area contributed by atoms with Crippen LogP contribution in [0.5, 0.6) is 0 Å². The van der Waals surface area contributed by atoms with E-state index in [0.717, 1.165) is 0 Å². The van der Waals surface area contributed by atoms with Gasteiger partial charge in [0.1, 0.15) is 11.5 Å². The highest BCUT2D eigenvalue weighted by atomic mass is 31.2. The van der Waals surface area contributed by atoms with Crippen LogP contribution in [0, 0.1) is 5.92 Å². The largest absolute Gasteiger partial charge is 0.479 e. The molecule has 0 saturated heterocycles. The third kappa shape index (κ3) is 6.84. The van der Waals surface area contributed by atoms with Gasteiger partial charge >= 0.3 is 13.6 Å². The fourth-order valence-corrected chi connectivity index (χ4v) is 4.00. The van der Waals surface area contributed by atoms with Gasteiger partial charge in [-0.1, -0.05) is 19.9 Å². The zero-order chi connectivity index (χ0) is 19.7. The SMILES string of the molecule is CC(C)C(NC(=O)c1ccccn1)P(=O)(O)OC(CCCCN)C(=O)O. The molecule has 9 nitrogen and oxygen atoms in total. The van der Waals surface area contributed by atoms with Crippen molar-refractivity contribution in [2.24, 2.45) is 11.7 Å². The number of unbranched alkanes of at least 4 members (excludes halogenated alkanes) is 1. The van der Waals surface area contributed by atoms with Gasteiger partial charge in [0.15, 0.2) is 6.10 Å². The highest BCUT2D eigenvalue weighted by Crippen LogP contribution is 2.50. The number of hydrogen-bond acceptors (Lipinski definition) is 6. The number of rotatable bonds is 11. The molecule has 0 spiro atoms. The lowest BCUT2D eigenvalue weighted by molar-refractivity contribution is -0.145. The van der Waals surface area contributed by atoms with Gasteiger partial charge < -0.3 is 21.1 Å². The van der Waals surface area contributed by atoms with Crippen molar-refractivity contribution in [1.29, 1.82) is 0 Å². The molecule has 1 heterocycles. The zero-order valence-electron chi connectivity index (χ0n) is 14.9. The van der Waals surface area contributed by atoms with Crippen LogP contribution >= 0.6 is 7.60 Å². The van der Waals surface area contributed by atoms with Crippen LogP contribution in [0.25, 0.3) is 0 Å². The third-order valence-electron chi connectivity index (χ3n) is 3.63. The average Bonchev–Trinajstić information content (AvgIpc) is 2.58. The first-order valence-electron chi connectivity index (χ1n) is 8.34. The number of hydrogen-bond donors (Lipinski definition) is 4. The van der Waals surface area contributed by atoms with E-state index in [2.05, 4.69) is 10.3 Å². The summed E-state index contributed by atoms with van der Waals surface area (Å²) in [5.74, 6) is -3.72. The van der Waals surface area contributed by atoms with E-state index >= 15 is 0 Å². The topological polar surface area (TPSA) is 152 Å². The van der Waals surface area contributed by atoms with Crippen LogP contribution in [-0.4, -0.2) is 45.3 Å². The fourth-order valence-electron chi connectivity index (χ4n) is 2.27. The standard InChI is InChI=1S/C16H26N3O6P/c1-11(2)15(19-14(20)12-7-4-6-10-18-12)26(23,24)25-13(16(21)22)8-3-5-9-17/h4,6-7,10-11,13,15H,3,5,8-9,17H2,1-2H3,(H,19,20)(H,21,22)(H,23,24). The van der Waals surface area contributed by atoms with E-state index in [4.69, 9.17) is 10.3 Å². The summed E-state index contributed by atoms with van der Waals surface area (Å²) in [5, 5.41) is 11.7. The smallest absolute Gasteiger partial charge is 0.351 e. The first kappa shape index (κ1) is 22.2. The van der Waals surface area contributed by atoms with Gasteiger partial charge in [-0.2, -0.15) is 0 Å². The second-order valence-electron chi connectivity index (χ2n) is 6.16. The van der Waals surface area contributed by atoms with E-state index in [9.17, 15) is 24.2 Å². The van der Waals surface area contributed by atoms with Crippen molar-refractivity contribution in [3.05, 3.63) is 30.1 Å². The van der Waals surface area contributed by atoms with Crippen molar-refractivity contribution in [2.45, 2.75) is 45.0 Å². The molecule has 1 rings (SSSR count). The van der Waals surface area contributed by atoms with Gasteiger partial charge in [-0.3, -0.25) is 18.9 Å². The summed E-state index contributed by atoms with van der Waals surface area (Å²) in [6.45, 7) is 3.64. The van der Waals surface area contributed by atoms with E-state index in [1.165, 1.54) is 12.3 Å². The molecule has 26 heavy (non-hydrogen) atoms. The summed E-state index contributed by atoms with van der Waals surface area (Å²) in [7, 11) is -4.46. The molecule has 1 aromatic heterocycles. The number of carboxylic acids is 1. The number of amides is 1. The van der Waals surface area contributed by atoms with Crippen molar-refractivity contribution in [3.63, 3.8) is 0 Å². The molecule has 0 radical (unpaired) electrons. The maximum atomic E-state index is 12.7. The summed E-state index contributed by atoms with van der Waals surface area (Å²) in [6.07, 6.45) is 1.04. The van der Waals surface area contributed by atoms with Crippen LogP contribution in [0.2, 0.25) is 0 Å². The molecule has 1 amide bonds. The molecule has 0 fully saturated rings. The molecule has 5 N–H and O–H groups in total. The first-order valence-corrected chi connectivity index (χ1v) is 9.99. The molecule has 0 aliphatic heterocycles. The number of carbonyl (C=O) groups excluding carboxylic acids is 1. The number of aliphatic carboxylic acids is 1. The molecule has 0 aliphatic carbocycles. The van der Waals surface area contributed by atoms with E-state index in [0.29, 0.717) is 19.4 Å². The van der Waals surface area contributed by atoms with Gasteiger partial charge in [0.05, 0.1) is 0 Å². The van der Waals surface area contributed by atoms with Crippen molar-refractivity contribution in [2.75, 3.05) is 6.54 Å². The zero-order valence-corrected chi connectivity index (χ0v) is 15.8. The molecule has 0 aromatic carbocycles. The Balaban J connectivity index is 2.89. The Morgan fingerprint density at radius 2 is 2.04 bits per heavy atom. The molecule has 3 unspecified atom stereocenters. The minimum absolute atomic E-state index is 0.0517. The minimum Gasteiger partial charge on any atom is -0.479 e.